The Labute approximate surface area is 111 Å². The molecule has 0 heterocycles. The molecule has 1 aromatic rings. The summed E-state index contributed by atoms with van der Waals surface area (Å²) < 4.78 is 51.0. The molecule has 19 heavy (non-hydrogen) atoms. The topological polar surface area (TPSA) is 46.2 Å². The van der Waals surface area contributed by atoms with Gasteiger partial charge in [0.05, 0.1) is 10.1 Å². The molecule has 6 heteroatoms. The molecule has 0 spiro atoms. The predicted molar refractivity (Wildman–Crippen MR) is 68.6 cm³/mol. The van der Waals surface area contributed by atoms with Gasteiger partial charge in [-0.3, -0.25) is 0 Å². The van der Waals surface area contributed by atoms with Gasteiger partial charge in [0.2, 0.25) is 0 Å². The lowest BCUT2D eigenvalue weighted by atomic mass is 10.2. The Hall–Kier alpha value is -1.01. The molecule has 1 saturated carbocycles. The van der Waals surface area contributed by atoms with Crippen molar-refractivity contribution in [3.05, 3.63) is 29.8 Å². The molecule has 1 aromatic carbocycles. The minimum absolute atomic E-state index is 0.108. The van der Waals surface area contributed by atoms with Crippen molar-refractivity contribution in [2.45, 2.75) is 42.4 Å². The number of sulfone groups is 1. The van der Waals surface area contributed by atoms with Gasteiger partial charge in [0.15, 0.2) is 21.5 Å². The first-order chi connectivity index (χ1) is 8.96. The third kappa shape index (κ3) is 2.79. The summed E-state index contributed by atoms with van der Waals surface area (Å²) in [4.78, 5) is -0.138. The first-order valence-electron chi connectivity index (χ1n) is 6.39. The fourth-order valence-electron chi connectivity index (χ4n) is 2.62. The molecule has 0 amide bonds. The van der Waals surface area contributed by atoms with E-state index in [1.807, 2.05) is 6.92 Å². The van der Waals surface area contributed by atoms with Crippen LogP contribution in [0.3, 0.4) is 0 Å². The fraction of sp³-hybridized carbons (Fsp3) is 0.538. The van der Waals surface area contributed by atoms with Crippen LogP contribution in [0.15, 0.2) is 23.1 Å². The summed E-state index contributed by atoms with van der Waals surface area (Å²) in [6, 6.07) is 2.66. The van der Waals surface area contributed by atoms with Crippen molar-refractivity contribution in [1.82, 2.24) is 5.32 Å². The minimum atomic E-state index is -3.62. The molecule has 1 aliphatic rings. The summed E-state index contributed by atoms with van der Waals surface area (Å²) in [5.41, 5.74) is 0. The van der Waals surface area contributed by atoms with Gasteiger partial charge in [0, 0.05) is 6.04 Å². The number of hydrogen-bond acceptors (Lipinski definition) is 3. The lowest BCUT2D eigenvalue weighted by Crippen LogP contribution is -2.40. The van der Waals surface area contributed by atoms with Gasteiger partial charge in [-0.1, -0.05) is 13.3 Å². The normalized spacial score (nSPS) is 23.7. The Balaban J connectivity index is 2.33. The van der Waals surface area contributed by atoms with Crippen LogP contribution in [0.4, 0.5) is 8.78 Å². The first kappa shape index (κ1) is 14.4. The molecule has 0 saturated heterocycles. The van der Waals surface area contributed by atoms with Gasteiger partial charge < -0.3 is 5.32 Å². The maximum atomic E-state index is 13.2. The van der Waals surface area contributed by atoms with E-state index in [0.29, 0.717) is 13.0 Å². The lowest BCUT2D eigenvalue weighted by Gasteiger charge is -2.20. The van der Waals surface area contributed by atoms with E-state index in [0.717, 1.165) is 31.0 Å². The lowest BCUT2D eigenvalue weighted by molar-refractivity contribution is 0.500. The number of nitrogens with one attached hydrogen (secondary N) is 1. The molecule has 2 unspecified atom stereocenters. The van der Waals surface area contributed by atoms with Crippen molar-refractivity contribution in [2.75, 3.05) is 6.54 Å². The van der Waals surface area contributed by atoms with Gasteiger partial charge in [-0.15, -0.1) is 0 Å². The maximum Gasteiger partial charge on any atom is 0.182 e. The molecule has 0 bridgehead atoms. The summed E-state index contributed by atoms with van der Waals surface area (Å²) in [5.74, 6) is -2.16. The monoisotopic (exact) mass is 289 g/mol. The van der Waals surface area contributed by atoms with Gasteiger partial charge in [0.1, 0.15) is 0 Å². The Kier molecular flexibility index (Phi) is 4.20. The van der Waals surface area contributed by atoms with Gasteiger partial charge in [-0.05, 0) is 37.6 Å². The van der Waals surface area contributed by atoms with Crippen LogP contribution in [0, 0.1) is 11.6 Å². The zero-order valence-electron chi connectivity index (χ0n) is 10.7. The van der Waals surface area contributed by atoms with E-state index in [2.05, 4.69) is 5.32 Å². The highest BCUT2D eigenvalue weighted by Gasteiger charge is 2.38. The van der Waals surface area contributed by atoms with Crippen molar-refractivity contribution in [3.8, 4) is 0 Å². The van der Waals surface area contributed by atoms with Crippen molar-refractivity contribution >= 4 is 9.84 Å². The second-order valence-electron chi connectivity index (χ2n) is 4.75. The molecule has 0 aromatic heterocycles. The summed E-state index contributed by atoms with van der Waals surface area (Å²) in [5, 5.41) is 2.59. The highest BCUT2D eigenvalue weighted by Crippen LogP contribution is 2.30. The molecular weight excluding hydrogens is 272 g/mol. The van der Waals surface area contributed by atoms with Crippen LogP contribution in [0.25, 0.3) is 0 Å². The molecule has 0 radical (unpaired) electrons. The number of rotatable bonds is 4. The molecule has 2 atom stereocenters. The standard InChI is InChI=1S/C13H17F2NO2S/c1-2-16-12-4-3-5-13(12)19(17,18)9-6-7-10(14)11(15)8-9/h6-8,12-13,16H,2-5H2,1H3. The number of halogens is 2. The summed E-state index contributed by atoms with van der Waals surface area (Å²) in [6.07, 6.45) is 2.17. The molecule has 1 N–H and O–H groups in total. The Morgan fingerprint density at radius 2 is 2.00 bits per heavy atom. The molecule has 0 aliphatic heterocycles. The van der Waals surface area contributed by atoms with Crippen molar-refractivity contribution < 1.29 is 17.2 Å². The highest BCUT2D eigenvalue weighted by atomic mass is 32.2. The smallest absolute Gasteiger partial charge is 0.182 e. The van der Waals surface area contributed by atoms with E-state index in [4.69, 9.17) is 0 Å². The molecule has 2 rings (SSSR count). The van der Waals surface area contributed by atoms with E-state index in [1.54, 1.807) is 0 Å². The molecule has 106 valence electrons. The second-order valence-corrected chi connectivity index (χ2v) is 6.92. The molecule has 3 nitrogen and oxygen atoms in total. The summed E-state index contributed by atoms with van der Waals surface area (Å²) in [7, 11) is -3.62. The van der Waals surface area contributed by atoms with Gasteiger partial charge in [-0.2, -0.15) is 0 Å². The van der Waals surface area contributed by atoms with Crippen molar-refractivity contribution in [1.29, 1.82) is 0 Å². The number of hydrogen-bond donors (Lipinski definition) is 1. The van der Waals surface area contributed by atoms with Crippen LogP contribution in [-0.4, -0.2) is 26.3 Å². The van der Waals surface area contributed by atoms with E-state index in [1.165, 1.54) is 0 Å². The van der Waals surface area contributed by atoms with Crippen LogP contribution in [0.1, 0.15) is 26.2 Å². The van der Waals surface area contributed by atoms with Crippen LogP contribution in [0.5, 0.6) is 0 Å². The molecule has 1 aliphatic carbocycles. The van der Waals surface area contributed by atoms with Crippen LogP contribution >= 0.6 is 0 Å². The average Bonchev–Trinajstić information content (AvgIpc) is 2.82. The Bertz CT molecular complexity index is 560. The van der Waals surface area contributed by atoms with Crippen LogP contribution < -0.4 is 5.32 Å². The van der Waals surface area contributed by atoms with Gasteiger partial charge >= 0.3 is 0 Å². The predicted octanol–water partition coefficient (Wildman–Crippen LogP) is 2.27. The Morgan fingerprint density at radius 1 is 1.26 bits per heavy atom. The van der Waals surface area contributed by atoms with E-state index in [9.17, 15) is 17.2 Å². The van der Waals surface area contributed by atoms with E-state index >= 15 is 0 Å². The van der Waals surface area contributed by atoms with Crippen molar-refractivity contribution in [3.63, 3.8) is 0 Å². The van der Waals surface area contributed by atoms with Gasteiger partial charge in [0.25, 0.3) is 0 Å². The summed E-state index contributed by atoms with van der Waals surface area (Å²) in [6.45, 7) is 2.61. The maximum absolute atomic E-state index is 13.2. The third-order valence-corrected chi connectivity index (χ3v) is 5.81. The zero-order chi connectivity index (χ0) is 14.0. The second kappa shape index (κ2) is 5.54. The average molecular weight is 289 g/mol. The Morgan fingerprint density at radius 3 is 2.63 bits per heavy atom. The van der Waals surface area contributed by atoms with E-state index in [-0.39, 0.29) is 10.9 Å². The highest BCUT2D eigenvalue weighted by molar-refractivity contribution is 7.92. The first-order valence-corrected chi connectivity index (χ1v) is 7.93. The molecule has 1 fully saturated rings. The zero-order valence-corrected chi connectivity index (χ0v) is 11.5. The fourth-order valence-corrected chi connectivity index (χ4v) is 4.64. The third-order valence-electron chi connectivity index (χ3n) is 3.54. The van der Waals surface area contributed by atoms with Crippen molar-refractivity contribution in [2.24, 2.45) is 0 Å². The molecular formula is C13H17F2NO2S. The van der Waals surface area contributed by atoms with E-state index < -0.39 is 26.7 Å². The largest absolute Gasteiger partial charge is 0.313 e. The minimum Gasteiger partial charge on any atom is -0.313 e. The quantitative estimate of drug-likeness (QED) is 0.865. The number of benzene rings is 1. The van der Waals surface area contributed by atoms with Crippen LogP contribution in [-0.2, 0) is 9.84 Å². The van der Waals surface area contributed by atoms with Crippen LogP contribution in [0.2, 0.25) is 0 Å². The summed E-state index contributed by atoms with van der Waals surface area (Å²) >= 11 is 0. The van der Waals surface area contributed by atoms with Gasteiger partial charge in [-0.25, -0.2) is 17.2 Å². The SMILES string of the molecule is CCNC1CCCC1S(=O)(=O)c1ccc(F)c(F)c1.